The number of hydrogen-bond acceptors (Lipinski definition) is 5. The van der Waals surface area contributed by atoms with Crippen LogP contribution in [-0.4, -0.2) is 59.6 Å². The molecule has 1 aliphatic rings. The summed E-state index contributed by atoms with van der Waals surface area (Å²) in [5, 5.41) is 28.8. The first kappa shape index (κ1) is 28.6. The molecule has 0 aliphatic carbocycles. The summed E-state index contributed by atoms with van der Waals surface area (Å²) in [7, 11) is 0. The molecular formula is C26H50O5. The summed E-state index contributed by atoms with van der Waals surface area (Å²) >= 11 is 0. The Kier molecular flexibility index (Phi) is 18.6. The molecule has 0 aromatic heterocycles. The van der Waals surface area contributed by atoms with Crippen LogP contribution >= 0.6 is 0 Å². The minimum atomic E-state index is -0.977. The molecule has 184 valence electrons. The largest absolute Gasteiger partial charge is 0.394 e. The minimum absolute atomic E-state index is 0.100. The third-order valence-electron chi connectivity index (χ3n) is 6.32. The molecule has 0 unspecified atom stereocenters. The normalized spacial score (nSPS) is 22.5. The molecule has 0 aromatic rings. The van der Waals surface area contributed by atoms with E-state index in [-0.39, 0.29) is 13.2 Å². The lowest BCUT2D eigenvalue weighted by Gasteiger charge is -2.24. The highest BCUT2D eigenvalue weighted by atomic mass is 16.6. The van der Waals surface area contributed by atoms with Gasteiger partial charge in [-0.3, -0.25) is 0 Å². The highest BCUT2D eigenvalue weighted by Crippen LogP contribution is 2.20. The molecule has 1 aliphatic heterocycles. The van der Waals surface area contributed by atoms with E-state index in [0.717, 1.165) is 12.8 Å². The van der Waals surface area contributed by atoms with Crippen molar-refractivity contribution in [2.45, 2.75) is 134 Å². The Hall–Kier alpha value is -0.460. The van der Waals surface area contributed by atoms with Crippen LogP contribution in [0.1, 0.15) is 110 Å². The van der Waals surface area contributed by atoms with E-state index in [1.807, 2.05) is 0 Å². The summed E-state index contributed by atoms with van der Waals surface area (Å²) in [4.78, 5) is 0. The molecule has 0 aromatic carbocycles. The van der Waals surface area contributed by atoms with Gasteiger partial charge in [-0.1, -0.05) is 95.6 Å². The first-order valence-electron chi connectivity index (χ1n) is 13.0. The monoisotopic (exact) mass is 442 g/mol. The van der Waals surface area contributed by atoms with E-state index in [1.54, 1.807) is 0 Å². The number of ether oxygens (including phenoxy) is 2. The summed E-state index contributed by atoms with van der Waals surface area (Å²) in [6.45, 7) is 2.56. The number of aliphatic hydroxyl groups is 3. The molecule has 0 saturated carbocycles. The van der Waals surface area contributed by atoms with Crippen LogP contribution in [0.25, 0.3) is 0 Å². The van der Waals surface area contributed by atoms with Crippen LogP contribution in [0.4, 0.5) is 0 Å². The Balaban J connectivity index is 1.79. The van der Waals surface area contributed by atoms with Crippen molar-refractivity contribution in [3.8, 4) is 0 Å². The van der Waals surface area contributed by atoms with Gasteiger partial charge in [-0.05, 0) is 26.2 Å². The first-order chi connectivity index (χ1) is 15.2. The molecule has 4 atom stereocenters. The van der Waals surface area contributed by atoms with Crippen molar-refractivity contribution < 1.29 is 24.8 Å². The van der Waals surface area contributed by atoms with Crippen molar-refractivity contribution in [1.82, 2.24) is 0 Å². The van der Waals surface area contributed by atoms with Crippen molar-refractivity contribution in [2.24, 2.45) is 0 Å². The lowest BCUT2D eigenvalue weighted by molar-refractivity contribution is -0.101. The predicted octanol–water partition coefficient (Wildman–Crippen LogP) is 5.30. The first-order valence-corrected chi connectivity index (χ1v) is 13.0. The zero-order valence-corrected chi connectivity index (χ0v) is 20.1. The van der Waals surface area contributed by atoms with E-state index in [0.29, 0.717) is 6.61 Å². The maximum atomic E-state index is 9.85. The van der Waals surface area contributed by atoms with E-state index >= 15 is 0 Å². The zero-order chi connectivity index (χ0) is 22.6. The van der Waals surface area contributed by atoms with Gasteiger partial charge >= 0.3 is 0 Å². The van der Waals surface area contributed by atoms with Crippen molar-refractivity contribution in [3.05, 3.63) is 12.2 Å². The summed E-state index contributed by atoms with van der Waals surface area (Å²) < 4.78 is 11.0. The van der Waals surface area contributed by atoms with Crippen LogP contribution in [0, 0.1) is 0 Å². The van der Waals surface area contributed by atoms with E-state index in [4.69, 9.17) is 9.47 Å². The van der Waals surface area contributed by atoms with Crippen molar-refractivity contribution in [3.63, 3.8) is 0 Å². The lowest BCUT2D eigenvalue weighted by Crippen LogP contribution is -2.42. The van der Waals surface area contributed by atoms with Crippen molar-refractivity contribution in [2.75, 3.05) is 19.8 Å². The smallest absolute Gasteiger partial charge is 0.114 e. The highest BCUT2D eigenvalue weighted by molar-refractivity contribution is 4.88. The quantitative estimate of drug-likeness (QED) is 0.166. The molecule has 1 fully saturated rings. The Morgan fingerprint density at radius 3 is 1.71 bits per heavy atom. The number of aliphatic hydroxyl groups excluding tert-OH is 3. The number of unbranched alkanes of at least 4 members (excludes halogenated alkanes) is 15. The third kappa shape index (κ3) is 14.3. The maximum Gasteiger partial charge on any atom is 0.114 e. The average molecular weight is 443 g/mol. The van der Waals surface area contributed by atoms with Crippen molar-refractivity contribution >= 4 is 0 Å². The minimum Gasteiger partial charge on any atom is -0.394 e. The van der Waals surface area contributed by atoms with Gasteiger partial charge in [0.15, 0.2) is 0 Å². The molecule has 1 saturated heterocycles. The lowest BCUT2D eigenvalue weighted by atomic mass is 10.0. The highest BCUT2D eigenvalue weighted by Gasteiger charge is 2.40. The van der Waals surface area contributed by atoms with Gasteiger partial charge in [0, 0.05) is 6.61 Å². The van der Waals surface area contributed by atoms with Crippen LogP contribution in [0.2, 0.25) is 0 Å². The summed E-state index contributed by atoms with van der Waals surface area (Å²) in [6, 6.07) is 0. The van der Waals surface area contributed by atoms with Gasteiger partial charge in [0.1, 0.15) is 24.4 Å². The number of rotatable bonds is 21. The standard InChI is InChI=1S/C26H50O5/c1-2-3-4-5-6-7-8-9-10-11-12-13-14-15-16-17-18-19-20-30-24(21-27)26-25(29)23(28)22-31-26/h2-3,23-29H,4-22H2,1H3/b3-2+/t23-,24+,25-,26-/m1/s1. The number of hydrogen-bond donors (Lipinski definition) is 3. The molecule has 1 rings (SSSR count). The number of allylic oxidation sites excluding steroid dienone is 2. The van der Waals surface area contributed by atoms with E-state index in [2.05, 4.69) is 19.1 Å². The van der Waals surface area contributed by atoms with E-state index < -0.39 is 24.4 Å². The fourth-order valence-electron chi connectivity index (χ4n) is 4.27. The Bertz CT molecular complexity index is 415. The SMILES string of the molecule is C/C=C/CCCCCCCCCCCCCCCCCO[C@@H](CO)[C@H]1OC[C@@H](O)[C@H]1O. The van der Waals surface area contributed by atoms with Crippen LogP contribution in [0.3, 0.4) is 0 Å². The molecule has 5 heteroatoms. The Labute approximate surface area is 191 Å². The molecule has 0 radical (unpaired) electrons. The predicted molar refractivity (Wildman–Crippen MR) is 127 cm³/mol. The van der Waals surface area contributed by atoms with Gasteiger partial charge in [-0.15, -0.1) is 0 Å². The van der Waals surface area contributed by atoms with Gasteiger partial charge in [-0.25, -0.2) is 0 Å². The third-order valence-corrected chi connectivity index (χ3v) is 6.32. The summed E-state index contributed by atoms with van der Waals surface area (Å²) in [5.41, 5.74) is 0. The van der Waals surface area contributed by atoms with Crippen LogP contribution in [0.15, 0.2) is 12.2 Å². The molecule has 0 spiro atoms. The Morgan fingerprint density at radius 1 is 0.806 bits per heavy atom. The van der Waals surface area contributed by atoms with Gasteiger partial charge in [0.05, 0.1) is 13.2 Å². The summed E-state index contributed by atoms with van der Waals surface area (Å²) in [6.07, 6.45) is 22.4. The maximum absolute atomic E-state index is 9.85. The van der Waals surface area contributed by atoms with E-state index in [9.17, 15) is 15.3 Å². The summed E-state index contributed by atoms with van der Waals surface area (Å²) in [5.74, 6) is 0. The molecule has 31 heavy (non-hydrogen) atoms. The molecule has 1 heterocycles. The Morgan fingerprint density at radius 2 is 1.29 bits per heavy atom. The molecular weight excluding hydrogens is 392 g/mol. The van der Waals surface area contributed by atoms with Gasteiger partial charge in [-0.2, -0.15) is 0 Å². The fraction of sp³-hybridized carbons (Fsp3) is 0.923. The van der Waals surface area contributed by atoms with Gasteiger partial charge < -0.3 is 24.8 Å². The van der Waals surface area contributed by atoms with Crippen LogP contribution < -0.4 is 0 Å². The second-order valence-corrected chi connectivity index (χ2v) is 9.11. The topological polar surface area (TPSA) is 79.2 Å². The van der Waals surface area contributed by atoms with E-state index in [1.165, 1.54) is 89.9 Å². The van der Waals surface area contributed by atoms with Crippen LogP contribution in [-0.2, 0) is 9.47 Å². The molecule has 0 amide bonds. The van der Waals surface area contributed by atoms with Gasteiger partial charge in [0.25, 0.3) is 0 Å². The van der Waals surface area contributed by atoms with Crippen molar-refractivity contribution in [1.29, 1.82) is 0 Å². The second-order valence-electron chi connectivity index (χ2n) is 9.11. The van der Waals surface area contributed by atoms with Gasteiger partial charge in [0.2, 0.25) is 0 Å². The molecule has 5 nitrogen and oxygen atoms in total. The second kappa shape index (κ2) is 20.2. The van der Waals surface area contributed by atoms with Crippen LogP contribution in [0.5, 0.6) is 0 Å². The fourth-order valence-corrected chi connectivity index (χ4v) is 4.27. The molecule has 3 N–H and O–H groups in total. The average Bonchev–Trinajstić information content (AvgIpc) is 3.11. The molecule has 0 bridgehead atoms. The zero-order valence-electron chi connectivity index (χ0n) is 20.1.